The largest absolute Gasteiger partial charge is 0.435 e. The number of amides is 1. The van der Waals surface area contributed by atoms with Crippen LogP contribution in [0.15, 0.2) is 77.4 Å². The van der Waals surface area contributed by atoms with Gasteiger partial charge >= 0.3 is 6.18 Å². The number of carbonyl (C=O) groups excluding carboxylic acids is 1. The summed E-state index contributed by atoms with van der Waals surface area (Å²) in [5.41, 5.74) is 3.28. The molecule has 0 bridgehead atoms. The van der Waals surface area contributed by atoms with Gasteiger partial charge < -0.3 is 0 Å². The maximum absolute atomic E-state index is 13.5. The molecule has 2 atom stereocenters. The second kappa shape index (κ2) is 9.17. The summed E-state index contributed by atoms with van der Waals surface area (Å²) in [6.07, 6.45) is 0.273. The van der Waals surface area contributed by atoms with Crippen LogP contribution in [0.2, 0.25) is 0 Å². The van der Waals surface area contributed by atoms with E-state index in [-0.39, 0.29) is 30.1 Å². The molecule has 2 aliphatic rings. The van der Waals surface area contributed by atoms with E-state index >= 15 is 0 Å². The molecule has 5 rings (SSSR count). The molecule has 1 aliphatic heterocycles. The maximum atomic E-state index is 13.5. The van der Waals surface area contributed by atoms with Crippen LogP contribution in [0.5, 0.6) is 0 Å². The third-order valence-corrected chi connectivity index (χ3v) is 6.60. The van der Waals surface area contributed by atoms with E-state index < -0.39 is 11.9 Å². The molecule has 5 nitrogen and oxygen atoms in total. The monoisotopic (exact) mass is 478 g/mol. The number of hydrazone groups is 1. The van der Waals surface area contributed by atoms with Crippen molar-refractivity contribution in [2.24, 2.45) is 11.0 Å². The molecule has 2 aromatic carbocycles. The summed E-state index contributed by atoms with van der Waals surface area (Å²) in [6, 6.07) is 20.3. The lowest BCUT2D eigenvalue weighted by Crippen LogP contribution is -2.34. The van der Waals surface area contributed by atoms with Gasteiger partial charge in [-0.1, -0.05) is 60.7 Å². The first-order chi connectivity index (χ1) is 16.8. The van der Waals surface area contributed by atoms with Gasteiger partial charge in [0.05, 0.1) is 11.8 Å². The summed E-state index contributed by atoms with van der Waals surface area (Å²) in [6.45, 7) is 1.20. The van der Waals surface area contributed by atoms with E-state index in [1.807, 2.05) is 60.7 Å². The van der Waals surface area contributed by atoms with Crippen LogP contribution in [0.25, 0.3) is 6.08 Å². The molecule has 180 valence electrons. The van der Waals surface area contributed by atoms with E-state index in [9.17, 15) is 18.0 Å². The number of aryl methyl sites for hydroxylation is 1. The molecule has 1 aliphatic carbocycles. The lowest BCUT2D eigenvalue weighted by Gasteiger charge is -2.29. The Morgan fingerprint density at radius 3 is 2.43 bits per heavy atom. The molecule has 1 amide bonds. The van der Waals surface area contributed by atoms with E-state index in [0.717, 1.165) is 52.4 Å². The van der Waals surface area contributed by atoms with E-state index in [2.05, 4.69) is 11.2 Å². The number of carbonyl (C=O) groups is 1. The molecule has 1 aromatic heterocycles. The standard InChI is InChI=1S/C27H25F3N4O/c1-18-15-23(27(28,29)30)31-33(18)17-24(35)34-26(20-11-6-3-7-12-20)22-14-8-13-21(25(22)32-34)16-19-9-4-2-5-10-19/h2-7,9-12,15-16,22,26H,8,13-14,17H2,1H3/b21-16+/t22-,26+/m0/s1. The van der Waals surface area contributed by atoms with Gasteiger partial charge in [0.2, 0.25) is 0 Å². The molecular weight excluding hydrogens is 453 g/mol. The van der Waals surface area contributed by atoms with Gasteiger partial charge in [-0.05, 0) is 55.0 Å². The highest BCUT2D eigenvalue weighted by Crippen LogP contribution is 2.44. The van der Waals surface area contributed by atoms with Gasteiger partial charge in [-0.25, -0.2) is 5.01 Å². The molecule has 0 unspecified atom stereocenters. The quantitative estimate of drug-likeness (QED) is 0.460. The molecule has 1 saturated carbocycles. The fraction of sp³-hybridized carbons (Fsp3) is 0.296. The van der Waals surface area contributed by atoms with Crippen molar-refractivity contribution >= 4 is 17.7 Å². The first-order valence-electron chi connectivity index (χ1n) is 11.6. The molecule has 0 radical (unpaired) electrons. The molecule has 0 N–H and O–H groups in total. The zero-order chi connectivity index (χ0) is 24.6. The average Bonchev–Trinajstić information content (AvgIpc) is 3.42. The van der Waals surface area contributed by atoms with Crippen LogP contribution in [-0.4, -0.2) is 26.4 Å². The van der Waals surface area contributed by atoms with Gasteiger partial charge in [-0.3, -0.25) is 9.48 Å². The summed E-state index contributed by atoms with van der Waals surface area (Å²) < 4.78 is 40.5. The SMILES string of the molecule is Cc1cc(C(F)(F)F)nn1CC(=O)N1N=C2/C(=C/c3ccccc3)CCC[C@@H]2[C@H]1c1ccccc1. The Labute approximate surface area is 201 Å². The number of hydrogen-bond donors (Lipinski definition) is 0. The van der Waals surface area contributed by atoms with Crippen LogP contribution >= 0.6 is 0 Å². The Bertz CT molecular complexity index is 1280. The zero-order valence-electron chi connectivity index (χ0n) is 19.2. The molecule has 3 aromatic rings. The highest BCUT2D eigenvalue weighted by Gasteiger charge is 2.44. The maximum Gasteiger partial charge on any atom is 0.435 e. The lowest BCUT2D eigenvalue weighted by molar-refractivity contribution is -0.142. The second-order valence-electron chi connectivity index (χ2n) is 8.98. The Kier molecular flexibility index (Phi) is 6.05. The molecule has 8 heteroatoms. The molecular formula is C27H25F3N4O. The van der Waals surface area contributed by atoms with Gasteiger partial charge in [0, 0.05) is 11.6 Å². The van der Waals surface area contributed by atoms with Crippen molar-refractivity contribution < 1.29 is 18.0 Å². The van der Waals surface area contributed by atoms with Crippen molar-refractivity contribution in [1.29, 1.82) is 0 Å². The van der Waals surface area contributed by atoms with Crippen molar-refractivity contribution in [2.75, 3.05) is 0 Å². The van der Waals surface area contributed by atoms with Gasteiger partial charge in [-0.15, -0.1) is 0 Å². The average molecular weight is 479 g/mol. The van der Waals surface area contributed by atoms with Crippen LogP contribution in [0.1, 0.15) is 47.8 Å². The molecule has 35 heavy (non-hydrogen) atoms. The van der Waals surface area contributed by atoms with E-state index in [1.54, 1.807) is 0 Å². The van der Waals surface area contributed by atoms with Crippen molar-refractivity contribution in [3.63, 3.8) is 0 Å². The van der Waals surface area contributed by atoms with Crippen LogP contribution in [0.3, 0.4) is 0 Å². The number of aromatic nitrogens is 2. The predicted octanol–water partition coefficient (Wildman–Crippen LogP) is 6.03. The highest BCUT2D eigenvalue weighted by atomic mass is 19.4. The van der Waals surface area contributed by atoms with E-state index in [1.165, 1.54) is 11.9 Å². The van der Waals surface area contributed by atoms with Gasteiger partial charge in [0.25, 0.3) is 5.91 Å². The summed E-state index contributed by atoms with van der Waals surface area (Å²) in [4.78, 5) is 13.5. The fourth-order valence-corrected chi connectivity index (χ4v) is 4.95. The molecule has 0 saturated heterocycles. The van der Waals surface area contributed by atoms with E-state index in [0.29, 0.717) is 0 Å². The third-order valence-electron chi connectivity index (χ3n) is 6.60. The highest BCUT2D eigenvalue weighted by molar-refractivity contribution is 6.08. The summed E-state index contributed by atoms with van der Waals surface area (Å²) >= 11 is 0. The molecule has 1 fully saturated rings. The first-order valence-corrected chi connectivity index (χ1v) is 11.6. The van der Waals surface area contributed by atoms with Crippen molar-refractivity contribution in [2.45, 2.75) is 44.9 Å². The number of nitrogens with zero attached hydrogens (tertiary/aromatic N) is 4. The smallest absolute Gasteiger partial charge is 0.271 e. The molecule has 2 heterocycles. The number of hydrogen-bond acceptors (Lipinski definition) is 3. The third kappa shape index (κ3) is 4.65. The van der Waals surface area contributed by atoms with E-state index in [4.69, 9.17) is 5.10 Å². The minimum absolute atomic E-state index is 0.0227. The number of alkyl halides is 3. The van der Waals surface area contributed by atoms with Crippen molar-refractivity contribution in [1.82, 2.24) is 14.8 Å². The molecule has 0 spiro atoms. The predicted molar refractivity (Wildman–Crippen MR) is 127 cm³/mol. The van der Waals surface area contributed by atoms with Crippen LogP contribution in [0, 0.1) is 12.8 Å². The summed E-state index contributed by atoms with van der Waals surface area (Å²) in [5, 5.41) is 9.90. The minimum Gasteiger partial charge on any atom is -0.271 e. The van der Waals surface area contributed by atoms with Crippen molar-refractivity contribution in [3.8, 4) is 0 Å². The van der Waals surface area contributed by atoms with Crippen molar-refractivity contribution in [3.05, 3.63) is 94.8 Å². The number of fused-ring (bicyclic) bond motifs is 1. The fourth-order valence-electron chi connectivity index (χ4n) is 4.95. The topological polar surface area (TPSA) is 50.5 Å². The normalized spacial score (nSPS) is 21.2. The van der Waals surface area contributed by atoms with Crippen LogP contribution < -0.4 is 0 Å². The summed E-state index contributed by atoms with van der Waals surface area (Å²) in [5.74, 6) is -0.366. The zero-order valence-corrected chi connectivity index (χ0v) is 19.2. The Balaban J connectivity index is 1.50. The number of halogens is 3. The van der Waals surface area contributed by atoms with Gasteiger partial charge in [0.1, 0.15) is 6.54 Å². The number of benzene rings is 2. The summed E-state index contributed by atoms with van der Waals surface area (Å²) in [7, 11) is 0. The Morgan fingerprint density at radius 2 is 1.77 bits per heavy atom. The first kappa shape index (κ1) is 23.1. The Hall–Kier alpha value is -3.68. The second-order valence-corrected chi connectivity index (χ2v) is 8.98. The lowest BCUT2D eigenvalue weighted by atomic mass is 9.77. The van der Waals surface area contributed by atoms with Crippen LogP contribution in [-0.2, 0) is 17.5 Å². The Morgan fingerprint density at radius 1 is 1.09 bits per heavy atom. The number of allylic oxidation sites excluding steroid dienone is 1. The minimum atomic E-state index is -4.56. The number of rotatable bonds is 4. The van der Waals surface area contributed by atoms with Gasteiger partial charge in [-0.2, -0.15) is 23.4 Å². The van der Waals surface area contributed by atoms with Crippen LogP contribution in [0.4, 0.5) is 13.2 Å². The van der Waals surface area contributed by atoms with Gasteiger partial charge in [0.15, 0.2) is 5.69 Å².